The molecule has 0 fully saturated rings. The summed E-state index contributed by atoms with van der Waals surface area (Å²) in [7, 11) is 0. The lowest BCUT2D eigenvalue weighted by Gasteiger charge is -2.14. The molecule has 0 spiro atoms. The smallest absolute Gasteiger partial charge is 0.310 e. The molecule has 1 aliphatic rings. The normalized spacial score (nSPS) is 16.7. The molecule has 2 N–H and O–H groups in total. The molecular weight excluding hydrogens is 268 g/mol. The molecule has 0 unspecified atom stereocenters. The van der Waals surface area contributed by atoms with E-state index in [1.165, 1.54) is 23.3 Å². The van der Waals surface area contributed by atoms with E-state index in [1.807, 2.05) is 6.07 Å². The lowest BCUT2D eigenvalue weighted by atomic mass is 10.1. The van der Waals surface area contributed by atoms with Crippen LogP contribution >= 0.6 is 0 Å². The van der Waals surface area contributed by atoms with Gasteiger partial charge in [-0.2, -0.15) is 0 Å². The summed E-state index contributed by atoms with van der Waals surface area (Å²) in [6, 6.07) is 13.1. The van der Waals surface area contributed by atoms with Crippen LogP contribution in [-0.4, -0.2) is 10.0 Å². The number of hydrogen-bond acceptors (Lipinski definition) is 4. The Bertz CT molecular complexity index is 685. The summed E-state index contributed by atoms with van der Waals surface area (Å²) in [6.45, 7) is 0.574. The number of nitro benzene ring substituents is 1. The van der Waals surface area contributed by atoms with E-state index in [0.29, 0.717) is 12.6 Å². The Hall–Kier alpha value is -2.40. The van der Waals surface area contributed by atoms with Crippen LogP contribution in [0.1, 0.15) is 29.2 Å². The lowest BCUT2D eigenvalue weighted by molar-refractivity contribution is -0.385. The van der Waals surface area contributed by atoms with E-state index < -0.39 is 4.92 Å². The van der Waals surface area contributed by atoms with E-state index >= 15 is 0 Å². The molecular formula is C16H16N2O3. The van der Waals surface area contributed by atoms with Gasteiger partial charge in [-0.25, -0.2) is 0 Å². The largest absolute Gasteiger partial charge is 0.502 e. The zero-order valence-corrected chi connectivity index (χ0v) is 11.5. The molecule has 0 bridgehead atoms. The molecule has 108 valence electrons. The predicted molar refractivity (Wildman–Crippen MR) is 79.1 cm³/mol. The number of phenols is 1. The van der Waals surface area contributed by atoms with Gasteiger partial charge in [0.25, 0.3) is 0 Å². The van der Waals surface area contributed by atoms with E-state index in [1.54, 1.807) is 6.07 Å². The highest BCUT2D eigenvalue weighted by molar-refractivity contribution is 5.47. The number of hydrogen-bond donors (Lipinski definition) is 2. The second-order valence-corrected chi connectivity index (χ2v) is 5.25. The predicted octanol–water partition coefficient (Wildman–Crippen LogP) is 3.08. The van der Waals surface area contributed by atoms with Crippen molar-refractivity contribution in [1.29, 1.82) is 0 Å². The van der Waals surface area contributed by atoms with E-state index in [4.69, 9.17) is 0 Å². The highest BCUT2D eigenvalue weighted by Crippen LogP contribution is 2.31. The van der Waals surface area contributed by atoms with Crippen molar-refractivity contribution in [3.05, 3.63) is 69.3 Å². The molecule has 5 nitrogen and oxygen atoms in total. The summed E-state index contributed by atoms with van der Waals surface area (Å²) >= 11 is 0. The second kappa shape index (κ2) is 5.54. The van der Waals surface area contributed by atoms with Crippen LogP contribution in [0.3, 0.4) is 0 Å². The quantitative estimate of drug-likeness (QED) is 0.668. The van der Waals surface area contributed by atoms with Crippen molar-refractivity contribution < 1.29 is 10.0 Å². The van der Waals surface area contributed by atoms with Gasteiger partial charge in [-0.15, -0.1) is 0 Å². The first-order valence-electron chi connectivity index (χ1n) is 6.92. The van der Waals surface area contributed by atoms with Crippen molar-refractivity contribution in [2.24, 2.45) is 0 Å². The summed E-state index contributed by atoms with van der Waals surface area (Å²) in [5.74, 6) is -0.286. The van der Waals surface area contributed by atoms with Crippen molar-refractivity contribution in [2.75, 3.05) is 0 Å². The minimum absolute atomic E-state index is 0.259. The molecule has 21 heavy (non-hydrogen) atoms. The van der Waals surface area contributed by atoms with Crippen molar-refractivity contribution in [1.82, 2.24) is 5.32 Å². The minimum atomic E-state index is -0.584. The van der Waals surface area contributed by atoms with Crippen molar-refractivity contribution in [2.45, 2.75) is 25.4 Å². The van der Waals surface area contributed by atoms with Crippen LogP contribution in [0, 0.1) is 10.1 Å². The standard InChI is InChI=1S/C16H16N2O3/c19-16-9-11(5-8-15(16)18(20)21)10-17-14-7-6-12-3-1-2-4-13(12)14/h1-5,8-9,14,17,19H,6-7,10H2/t14-/m0/s1. The zero-order chi connectivity index (χ0) is 14.8. The summed E-state index contributed by atoms with van der Waals surface area (Å²) in [4.78, 5) is 10.1. The summed E-state index contributed by atoms with van der Waals surface area (Å²) in [5.41, 5.74) is 3.28. The molecule has 1 atom stereocenters. The van der Waals surface area contributed by atoms with Gasteiger partial charge in [0.2, 0.25) is 0 Å². The fourth-order valence-electron chi connectivity index (χ4n) is 2.84. The molecule has 2 aromatic carbocycles. The van der Waals surface area contributed by atoms with Gasteiger partial charge < -0.3 is 10.4 Å². The lowest BCUT2D eigenvalue weighted by Crippen LogP contribution is -2.18. The molecule has 0 heterocycles. The van der Waals surface area contributed by atoms with Crippen LogP contribution < -0.4 is 5.32 Å². The minimum Gasteiger partial charge on any atom is -0.502 e. The van der Waals surface area contributed by atoms with Crippen LogP contribution in [0.5, 0.6) is 5.75 Å². The number of nitrogens with zero attached hydrogens (tertiary/aromatic N) is 1. The van der Waals surface area contributed by atoms with Crippen LogP contribution in [0.25, 0.3) is 0 Å². The maximum atomic E-state index is 10.7. The Labute approximate surface area is 122 Å². The number of rotatable bonds is 4. The topological polar surface area (TPSA) is 75.4 Å². The molecule has 2 aromatic rings. The highest BCUT2D eigenvalue weighted by atomic mass is 16.6. The van der Waals surface area contributed by atoms with Gasteiger partial charge in [-0.3, -0.25) is 10.1 Å². The van der Waals surface area contributed by atoms with E-state index in [2.05, 4.69) is 23.5 Å². The number of fused-ring (bicyclic) bond motifs is 1. The first-order valence-corrected chi connectivity index (χ1v) is 6.92. The second-order valence-electron chi connectivity index (χ2n) is 5.25. The molecule has 3 rings (SSSR count). The summed E-state index contributed by atoms with van der Waals surface area (Å²) in [6.07, 6.45) is 2.12. The van der Waals surface area contributed by atoms with E-state index in [9.17, 15) is 15.2 Å². The molecule has 5 heteroatoms. The van der Waals surface area contributed by atoms with Crippen LogP contribution in [0.2, 0.25) is 0 Å². The molecule has 0 aliphatic heterocycles. The fourth-order valence-corrected chi connectivity index (χ4v) is 2.84. The Kier molecular flexibility index (Phi) is 3.58. The van der Waals surface area contributed by atoms with E-state index in [-0.39, 0.29) is 11.4 Å². The summed E-state index contributed by atoms with van der Waals surface area (Å²) in [5, 5.41) is 23.8. The maximum absolute atomic E-state index is 10.7. The Morgan fingerprint density at radius 2 is 2.10 bits per heavy atom. The van der Waals surface area contributed by atoms with E-state index in [0.717, 1.165) is 18.4 Å². The first-order chi connectivity index (χ1) is 10.1. The Morgan fingerprint density at radius 1 is 1.29 bits per heavy atom. The van der Waals surface area contributed by atoms with Crippen molar-refractivity contribution in [3.63, 3.8) is 0 Å². The van der Waals surface area contributed by atoms with Gasteiger partial charge in [0.05, 0.1) is 4.92 Å². The van der Waals surface area contributed by atoms with Gasteiger partial charge in [0.1, 0.15) is 0 Å². The van der Waals surface area contributed by atoms with Crippen LogP contribution in [-0.2, 0) is 13.0 Å². The maximum Gasteiger partial charge on any atom is 0.310 e. The molecule has 0 radical (unpaired) electrons. The summed E-state index contributed by atoms with van der Waals surface area (Å²) < 4.78 is 0. The Morgan fingerprint density at radius 3 is 2.86 bits per heavy atom. The van der Waals surface area contributed by atoms with Gasteiger partial charge in [0, 0.05) is 18.7 Å². The third-order valence-corrected chi connectivity index (χ3v) is 3.92. The van der Waals surface area contributed by atoms with Gasteiger partial charge in [0.15, 0.2) is 5.75 Å². The third-order valence-electron chi connectivity index (χ3n) is 3.92. The van der Waals surface area contributed by atoms with Crippen LogP contribution in [0.15, 0.2) is 42.5 Å². The number of aryl methyl sites for hydroxylation is 1. The number of nitrogens with one attached hydrogen (secondary N) is 1. The molecule has 1 aliphatic carbocycles. The SMILES string of the molecule is O=[N+]([O-])c1ccc(CN[C@H]2CCc3ccccc32)cc1O. The number of aromatic hydroxyl groups is 1. The number of phenolic OH excluding ortho intramolecular Hbond substituents is 1. The third kappa shape index (κ3) is 2.73. The number of nitro groups is 1. The first kappa shape index (κ1) is 13.6. The monoisotopic (exact) mass is 284 g/mol. The highest BCUT2D eigenvalue weighted by Gasteiger charge is 2.21. The van der Waals surface area contributed by atoms with Gasteiger partial charge in [-0.05, 0) is 35.6 Å². The molecule has 0 saturated heterocycles. The zero-order valence-electron chi connectivity index (χ0n) is 11.5. The Balaban J connectivity index is 1.69. The van der Waals surface area contributed by atoms with Gasteiger partial charge in [-0.1, -0.05) is 30.3 Å². The fraction of sp³-hybridized carbons (Fsp3) is 0.250. The molecule has 0 saturated carbocycles. The van der Waals surface area contributed by atoms with Gasteiger partial charge >= 0.3 is 5.69 Å². The van der Waals surface area contributed by atoms with Crippen LogP contribution in [0.4, 0.5) is 5.69 Å². The average molecular weight is 284 g/mol. The van der Waals surface area contributed by atoms with Crippen molar-refractivity contribution in [3.8, 4) is 5.75 Å². The molecule has 0 aromatic heterocycles. The number of benzene rings is 2. The molecule has 0 amide bonds. The van der Waals surface area contributed by atoms with Crippen molar-refractivity contribution >= 4 is 5.69 Å². The average Bonchev–Trinajstić information content (AvgIpc) is 2.88.